The van der Waals surface area contributed by atoms with Crippen molar-refractivity contribution in [1.29, 1.82) is 0 Å². The molecule has 6 aromatic carbocycles. The Hall–Kier alpha value is -9.44. The molecule has 5 fully saturated rings. The Labute approximate surface area is 654 Å². The van der Waals surface area contributed by atoms with Crippen LogP contribution < -0.4 is 16.7 Å². The molecule has 0 bridgehead atoms. The van der Waals surface area contributed by atoms with Crippen molar-refractivity contribution < 1.29 is 29.4 Å². The van der Waals surface area contributed by atoms with Gasteiger partial charge in [0, 0.05) is 53.7 Å². The van der Waals surface area contributed by atoms with Crippen LogP contribution in [0.2, 0.25) is 5.15 Å². The molecule has 0 radical (unpaired) electrons. The lowest BCUT2D eigenvalue weighted by Crippen LogP contribution is -2.41. The second-order valence-corrected chi connectivity index (χ2v) is 32.3. The normalized spacial score (nSPS) is 20.1. The molecule has 3 saturated carbocycles. The van der Waals surface area contributed by atoms with E-state index in [1.165, 1.54) is 12.8 Å². The third-order valence-corrected chi connectivity index (χ3v) is 23.2. The lowest BCUT2D eigenvalue weighted by Gasteiger charge is -2.32. The molecule has 0 unspecified atom stereocenters. The minimum absolute atomic E-state index is 0.0683. The number of aliphatic hydroxyl groups is 3. The molecule has 6 atom stereocenters. The van der Waals surface area contributed by atoms with E-state index in [4.69, 9.17) is 30.6 Å². The number of nitrogens with zero attached hydrogens (tertiary/aromatic N) is 9. The summed E-state index contributed by atoms with van der Waals surface area (Å²) in [5, 5.41) is 39.9. The largest absolute Gasteiger partial charge is 0.489 e. The van der Waals surface area contributed by atoms with E-state index >= 15 is 0 Å². The summed E-state index contributed by atoms with van der Waals surface area (Å²) in [6, 6.07) is 41.6. The lowest BCUT2D eigenvalue weighted by molar-refractivity contribution is 0.00578. The molecule has 576 valence electrons. The maximum absolute atomic E-state index is 13.5. The van der Waals surface area contributed by atoms with Gasteiger partial charge >= 0.3 is 7.12 Å². The number of benzene rings is 6. The fourth-order valence-corrected chi connectivity index (χ4v) is 16.0. The summed E-state index contributed by atoms with van der Waals surface area (Å²) in [4.78, 5) is 67.9. The molecule has 17 rings (SSSR count). The second kappa shape index (κ2) is 35.1. The maximum atomic E-state index is 13.5. The molecule has 6 aromatic heterocycles. The molecule has 12 aromatic rings. The van der Waals surface area contributed by atoms with Gasteiger partial charge in [0.1, 0.15) is 5.15 Å². The van der Waals surface area contributed by atoms with Gasteiger partial charge in [-0.2, -0.15) is 0 Å². The lowest BCUT2D eigenvalue weighted by atomic mass is 9.81. The van der Waals surface area contributed by atoms with Crippen molar-refractivity contribution in [1.82, 2.24) is 43.6 Å². The fraction of sp³-hybridized carbons (Fsp3) is 0.396. The van der Waals surface area contributed by atoms with E-state index in [0.717, 1.165) is 184 Å². The number of aliphatic hydroxyl groups excluding tert-OH is 3. The summed E-state index contributed by atoms with van der Waals surface area (Å²) >= 11 is 5.93. The molecule has 5 aliphatic rings. The number of pyridine rings is 3. The van der Waals surface area contributed by atoms with E-state index in [9.17, 15) is 29.7 Å². The number of halogens is 1. The summed E-state index contributed by atoms with van der Waals surface area (Å²) in [5.41, 5.74) is 11.7. The molecule has 0 amide bonds. The van der Waals surface area contributed by atoms with Crippen molar-refractivity contribution in [2.45, 2.75) is 218 Å². The first-order valence-corrected chi connectivity index (χ1v) is 39.8. The van der Waals surface area contributed by atoms with Gasteiger partial charge in [-0.15, -0.1) is 6.58 Å². The molecular formula is C91H103BClN9O9. The quantitative estimate of drug-likeness (QED) is 0.0586. The Kier molecular flexibility index (Phi) is 25.2. The van der Waals surface area contributed by atoms with Crippen molar-refractivity contribution >= 4 is 89.3 Å². The Morgan fingerprint density at radius 2 is 0.820 bits per heavy atom. The van der Waals surface area contributed by atoms with E-state index in [0.29, 0.717) is 57.5 Å². The Morgan fingerprint density at radius 1 is 0.468 bits per heavy atom. The number of aromatic nitrogens is 9. The van der Waals surface area contributed by atoms with Gasteiger partial charge in [0.05, 0.1) is 105 Å². The summed E-state index contributed by atoms with van der Waals surface area (Å²) < 4.78 is 21.3. The van der Waals surface area contributed by atoms with Crippen LogP contribution in [0.4, 0.5) is 0 Å². The standard InChI is InChI=1S/C27H29N3O2.C27H27N3O2.C24H22ClN3O2.C9H17BO2.C4H8O/c2*1-17(2)23-12-11-18(15-28-23)13-19-14-22-26(21-8-4-3-7-20(19)21)29-16-30(27(22)32)24-9-5-6-10-25(24)31;25-22-10-9-15(13-26-22)11-16-12-19-23(18-6-2-1-5-17(16)18)27-14-28(24(19)30)20-7-3-4-8-21(20)29;1-7(2)10-11-8(3,4)9(5,6)12-10;1-2-4-5-3-1/h3-4,7-8,11-12,14-17,24-25,31H,5-6,9-10,13H2,1-2H3;3-4,7-8,11-12,14-16,24-25,31H,1,5-6,9-10,13H2,2H3;1-2,5-6,9-10,12-14,20-21,29H,3-4,7-8,11H2;1H2,2-6H3;1-4H2/t2*24-,25-;20-,21-;;/m000../s1. The van der Waals surface area contributed by atoms with Crippen LogP contribution in [0.3, 0.4) is 0 Å². The molecule has 0 spiro atoms. The Morgan fingerprint density at radius 3 is 1.11 bits per heavy atom. The van der Waals surface area contributed by atoms with E-state index < -0.39 is 18.3 Å². The molecule has 2 saturated heterocycles. The van der Waals surface area contributed by atoms with Crippen LogP contribution in [0.25, 0.3) is 70.6 Å². The molecule has 3 N–H and O–H groups in total. The zero-order valence-corrected chi connectivity index (χ0v) is 66.0. The highest BCUT2D eigenvalue weighted by atomic mass is 35.5. The van der Waals surface area contributed by atoms with Crippen LogP contribution in [0.1, 0.15) is 214 Å². The average molecular weight is 1510 g/mol. The fourth-order valence-electron chi connectivity index (χ4n) is 15.9. The third-order valence-electron chi connectivity index (χ3n) is 22.9. The summed E-state index contributed by atoms with van der Waals surface area (Å²) in [7, 11) is -0.241. The zero-order chi connectivity index (χ0) is 78.3. The first-order valence-electron chi connectivity index (χ1n) is 39.5. The van der Waals surface area contributed by atoms with Crippen molar-refractivity contribution in [3.63, 3.8) is 0 Å². The van der Waals surface area contributed by atoms with Crippen molar-refractivity contribution in [2.75, 3.05) is 13.2 Å². The van der Waals surface area contributed by atoms with Crippen molar-refractivity contribution in [3.8, 4) is 0 Å². The molecule has 3 aliphatic carbocycles. The summed E-state index contributed by atoms with van der Waals surface area (Å²) in [6.07, 6.45) is 24.1. The summed E-state index contributed by atoms with van der Waals surface area (Å²) in [6.45, 7) is 26.1. The SMILES string of the molecule is C1CCOC1.C=C(C)B1OC(C)(C)C(C)(C)O1.C=C(C)c1ccc(Cc2cc3c(=O)n([C@H]4CCCC[C@@H]4O)cnc3c3ccccc23)cn1.CC(C)c1ccc(Cc2cc3c(=O)n([C@H]4CCCC[C@@H]4O)cnc3c3ccccc23)cn1.O=c1c2cc(Cc3ccc(Cl)nc3)c3ccccc3c2ncn1[C@H]1CCCC[C@@H]1O. The Balaban J connectivity index is 0.000000132. The number of allylic oxidation sites excluding steroid dienone is 2. The van der Waals surface area contributed by atoms with Gasteiger partial charge in [0.2, 0.25) is 0 Å². The highest BCUT2D eigenvalue weighted by Gasteiger charge is 2.51. The number of hydrogen-bond donors (Lipinski definition) is 3. The van der Waals surface area contributed by atoms with Crippen LogP contribution >= 0.6 is 11.6 Å². The van der Waals surface area contributed by atoms with E-state index in [-0.39, 0.29) is 53.1 Å². The van der Waals surface area contributed by atoms with Gasteiger partial charge in [-0.25, -0.2) is 19.9 Å². The van der Waals surface area contributed by atoms with E-state index in [1.54, 1.807) is 44.9 Å². The first kappa shape index (κ1) is 79.6. The predicted molar refractivity (Wildman–Crippen MR) is 447 cm³/mol. The van der Waals surface area contributed by atoms with Gasteiger partial charge in [0.15, 0.2) is 0 Å². The average Bonchev–Trinajstić information content (AvgIpc) is 1.50. The van der Waals surface area contributed by atoms with Crippen LogP contribution in [-0.4, -0.2) is 109 Å². The summed E-state index contributed by atoms with van der Waals surface area (Å²) in [5.74, 6) is 0.394. The minimum atomic E-state index is -0.504. The van der Waals surface area contributed by atoms with Gasteiger partial charge in [-0.1, -0.05) is 167 Å². The highest BCUT2D eigenvalue weighted by Crippen LogP contribution is 2.39. The zero-order valence-electron chi connectivity index (χ0n) is 65.3. The van der Waals surface area contributed by atoms with Crippen LogP contribution in [-0.2, 0) is 33.3 Å². The minimum Gasteiger partial charge on any atom is -0.400 e. The molecule has 111 heavy (non-hydrogen) atoms. The molecule has 20 heteroatoms. The maximum Gasteiger partial charge on any atom is 0.489 e. The first-order chi connectivity index (χ1) is 53.4. The van der Waals surface area contributed by atoms with Gasteiger partial charge in [0.25, 0.3) is 16.7 Å². The van der Waals surface area contributed by atoms with Crippen molar-refractivity contribution in [2.24, 2.45) is 0 Å². The van der Waals surface area contributed by atoms with Gasteiger partial charge in [-0.3, -0.25) is 38.1 Å². The Bertz CT molecular complexity index is 5510. The smallest absolute Gasteiger partial charge is 0.400 e. The molecular weight excluding hydrogens is 1410 g/mol. The highest BCUT2D eigenvalue weighted by molar-refractivity contribution is 6.54. The number of fused-ring (bicyclic) bond motifs is 9. The van der Waals surface area contributed by atoms with Crippen LogP contribution in [0.15, 0.2) is 198 Å². The van der Waals surface area contributed by atoms with Crippen molar-refractivity contribution in [3.05, 3.63) is 265 Å². The van der Waals surface area contributed by atoms with E-state index in [2.05, 4.69) is 88.3 Å². The number of ether oxygens (including phenoxy) is 1. The molecule has 18 nitrogen and oxygen atoms in total. The number of rotatable bonds is 12. The second-order valence-electron chi connectivity index (χ2n) is 31.9. The molecule has 2 aliphatic heterocycles. The number of hydrogen-bond acceptors (Lipinski definition) is 15. The molecule has 8 heterocycles. The van der Waals surface area contributed by atoms with Crippen LogP contribution in [0, 0.1) is 0 Å². The van der Waals surface area contributed by atoms with Gasteiger partial charge in [-0.05, 0) is 210 Å². The van der Waals surface area contributed by atoms with Gasteiger partial charge < -0.3 is 29.4 Å². The van der Waals surface area contributed by atoms with E-state index in [1.807, 2.05) is 139 Å². The van der Waals surface area contributed by atoms with Crippen LogP contribution in [0.5, 0.6) is 0 Å². The monoisotopic (exact) mass is 1510 g/mol. The topological polar surface area (TPSA) is 232 Å². The third kappa shape index (κ3) is 17.9. The predicted octanol–water partition coefficient (Wildman–Crippen LogP) is 17.8.